The summed E-state index contributed by atoms with van der Waals surface area (Å²) in [6.07, 6.45) is 4.05. The number of piperidine rings is 1. The molecule has 1 N–H and O–H groups in total. The van der Waals surface area contributed by atoms with Crippen molar-refractivity contribution in [1.82, 2.24) is 20.4 Å². The van der Waals surface area contributed by atoms with Gasteiger partial charge in [0.05, 0.1) is 6.20 Å². The molecule has 0 spiro atoms. The summed E-state index contributed by atoms with van der Waals surface area (Å²) in [6.45, 7) is 5.60. The third kappa shape index (κ3) is 5.92. The van der Waals surface area contributed by atoms with Gasteiger partial charge in [-0.15, -0.1) is 0 Å². The number of hydrogen-bond acceptors (Lipinski definition) is 6. The first-order valence-corrected chi connectivity index (χ1v) is 10.7. The summed E-state index contributed by atoms with van der Waals surface area (Å²) in [5.74, 6) is 1.46. The van der Waals surface area contributed by atoms with Crippen molar-refractivity contribution in [3.8, 4) is 5.75 Å². The van der Waals surface area contributed by atoms with Gasteiger partial charge >= 0.3 is 0 Å². The highest BCUT2D eigenvalue weighted by molar-refractivity contribution is 5.92. The first-order chi connectivity index (χ1) is 15.2. The van der Waals surface area contributed by atoms with Crippen molar-refractivity contribution in [1.29, 1.82) is 0 Å². The van der Waals surface area contributed by atoms with E-state index >= 15 is 0 Å². The van der Waals surface area contributed by atoms with Gasteiger partial charge in [0.1, 0.15) is 12.4 Å². The van der Waals surface area contributed by atoms with Crippen LogP contribution in [0.2, 0.25) is 0 Å². The minimum absolute atomic E-state index is 0.194. The number of nitrogens with one attached hydrogen (secondary N) is 1. The van der Waals surface area contributed by atoms with Crippen LogP contribution >= 0.6 is 0 Å². The van der Waals surface area contributed by atoms with Gasteiger partial charge in [-0.1, -0.05) is 35.5 Å². The van der Waals surface area contributed by atoms with Crippen molar-refractivity contribution >= 4 is 5.91 Å². The quantitative estimate of drug-likeness (QED) is 0.600. The maximum Gasteiger partial charge on any atom is 0.273 e. The Bertz CT molecular complexity index is 972. The van der Waals surface area contributed by atoms with Gasteiger partial charge in [0.15, 0.2) is 11.5 Å². The third-order valence-corrected chi connectivity index (χ3v) is 5.55. The number of aryl methyl sites for hydroxylation is 1. The molecule has 3 heterocycles. The number of likely N-dealkylation sites (tertiary alicyclic amines) is 1. The lowest BCUT2D eigenvalue weighted by Gasteiger charge is -2.33. The fourth-order valence-corrected chi connectivity index (χ4v) is 3.86. The molecule has 7 heteroatoms. The summed E-state index contributed by atoms with van der Waals surface area (Å²) < 4.78 is 10.8. The molecule has 1 amide bonds. The zero-order chi connectivity index (χ0) is 21.5. The molecule has 1 atom stereocenters. The molecule has 0 radical (unpaired) electrons. The van der Waals surface area contributed by atoms with Gasteiger partial charge in [-0.2, -0.15) is 0 Å². The Labute approximate surface area is 182 Å². The summed E-state index contributed by atoms with van der Waals surface area (Å²) in [5.41, 5.74) is 2.59. The SMILES string of the molecule is Cc1ccc(OCc2cc(C(=O)NCCN3CCC[C@@H](c4ccccc4)C3)no2)cn1. The topological polar surface area (TPSA) is 80.5 Å². The molecule has 0 saturated carbocycles. The summed E-state index contributed by atoms with van der Waals surface area (Å²) in [4.78, 5) is 19.0. The molecule has 1 aromatic carbocycles. The Hall–Kier alpha value is -3.19. The van der Waals surface area contributed by atoms with Crippen LogP contribution in [-0.4, -0.2) is 47.1 Å². The van der Waals surface area contributed by atoms with Crippen LogP contribution in [0.15, 0.2) is 59.3 Å². The number of hydrogen-bond donors (Lipinski definition) is 1. The molecule has 0 unspecified atom stereocenters. The Morgan fingerprint density at radius 1 is 1.26 bits per heavy atom. The van der Waals surface area contributed by atoms with Crippen molar-refractivity contribution in [2.75, 3.05) is 26.2 Å². The third-order valence-electron chi connectivity index (χ3n) is 5.55. The molecule has 1 saturated heterocycles. The number of pyridine rings is 1. The predicted octanol–water partition coefficient (Wildman–Crippen LogP) is 3.57. The Morgan fingerprint density at radius 2 is 2.13 bits per heavy atom. The molecule has 0 bridgehead atoms. The second-order valence-corrected chi connectivity index (χ2v) is 7.91. The predicted molar refractivity (Wildman–Crippen MR) is 117 cm³/mol. The number of nitrogens with zero attached hydrogens (tertiary/aromatic N) is 3. The van der Waals surface area contributed by atoms with Crippen LogP contribution in [0, 0.1) is 6.92 Å². The van der Waals surface area contributed by atoms with Crippen LogP contribution in [0.5, 0.6) is 5.75 Å². The van der Waals surface area contributed by atoms with E-state index in [4.69, 9.17) is 9.26 Å². The van der Waals surface area contributed by atoms with Crippen molar-refractivity contribution in [2.24, 2.45) is 0 Å². The van der Waals surface area contributed by atoms with E-state index < -0.39 is 0 Å². The van der Waals surface area contributed by atoms with E-state index in [-0.39, 0.29) is 18.2 Å². The van der Waals surface area contributed by atoms with Gasteiger partial charge in [0.25, 0.3) is 5.91 Å². The van der Waals surface area contributed by atoms with Gasteiger partial charge < -0.3 is 19.5 Å². The molecule has 3 aromatic rings. The second kappa shape index (κ2) is 10.2. The first-order valence-electron chi connectivity index (χ1n) is 10.7. The van der Waals surface area contributed by atoms with Crippen molar-refractivity contribution in [2.45, 2.75) is 32.3 Å². The zero-order valence-electron chi connectivity index (χ0n) is 17.8. The van der Waals surface area contributed by atoms with Gasteiger partial charge in [-0.25, -0.2) is 0 Å². The van der Waals surface area contributed by atoms with Gasteiger partial charge in [-0.05, 0) is 49.9 Å². The number of benzene rings is 1. The Balaban J connectivity index is 1.21. The van der Waals surface area contributed by atoms with Crippen molar-refractivity contribution < 1.29 is 14.1 Å². The molecular formula is C24H28N4O3. The van der Waals surface area contributed by atoms with Crippen LogP contribution < -0.4 is 10.1 Å². The molecule has 1 aliphatic rings. The van der Waals surface area contributed by atoms with E-state index in [1.54, 1.807) is 12.3 Å². The smallest absolute Gasteiger partial charge is 0.273 e. The number of carbonyl (C=O) groups is 1. The summed E-state index contributed by atoms with van der Waals surface area (Å²) >= 11 is 0. The van der Waals surface area contributed by atoms with Crippen LogP contribution in [0.3, 0.4) is 0 Å². The molecule has 1 fully saturated rings. The standard InChI is InChI=1S/C24H28N4O3/c1-18-9-10-21(15-26-18)30-17-22-14-23(27-31-22)24(29)25-11-13-28-12-5-8-20(16-28)19-6-3-2-4-7-19/h2-4,6-7,9-10,14-15,20H,5,8,11-13,16-17H2,1H3,(H,25,29)/t20-/m1/s1. The maximum atomic E-state index is 12.4. The Morgan fingerprint density at radius 3 is 2.94 bits per heavy atom. The molecule has 0 aliphatic carbocycles. The largest absolute Gasteiger partial charge is 0.484 e. The molecule has 4 rings (SSSR count). The van der Waals surface area contributed by atoms with Gasteiger partial charge in [-0.3, -0.25) is 9.78 Å². The van der Waals surface area contributed by atoms with Crippen molar-refractivity contribution in [3.63, 3.8) is 0 Å². The highest BCUT2D eigenvalue weighted by atomic mass is 16.5. The highest BCUT2D eigenvalue weighted by Crippen LogP contribution is 2.26. The Kier molecular flexibility index (Phi) is 6.94. The summed E-state index contributed by atoms with van der Waals surface area (Å²) in [6, 6.07) is 16.0. The van der Waals surface area contributed by atoms with Crippen LogP contribution in [0.1, 0.15) is 46.3 Å². The number of amides is 1. The molecule has 162 valence electrons. The lowest BCUT2D eigenvalue weighted by atomic mass is 9.91. The van der Waals surface area contributed by atoms with E-state index in [1.807, 2.05) is 19.1 Å². The average Bonchev–Trinajstić information content (AvgIpc) is 3.29. The van der Waals surface area contributed by atoms with E-state index in [2.05, 4.69) is 50.7 Å². The van der Waals surface area contributed by atoms with Gasteiger partial charge in [0, 0.05) is 31.4 Å². The number of carbonyl (C=O) groups excluding carboxylic acids is 1. The fourth-order valence-electron chi connectivity index (χ4n) is 3.86. The number of rotatable bonds is 8. The van der Waals surface area contributed by atoms with E-state index in [9.17, 15) is 4.79 Å². The summed E-state index contributed by atoms with van der Waals surface area (Å²) in [5, 5.41) is 6.80. The molecule has 7 nitrogen and oxygen atoms in total. The lowest BCUT2D eigenvalue weighted by molar-refractivity contribution is 0.0936. The van der Waals surface area contributed by atoms with Crippen LogP contribution in [-0.2, 0) is 6.61 Å². The van der Waals surface area contributed by atoms with Crippen molar-refractivity contribution in [3.05, 3.63) is 77.4 Å². The monoisotopic (exact) mass is 420 g/mol. The minimum Gasteiger partial charge on any atom is -0.484 e. The number of ether oxygens (including phenoxy) is 1. The van der Waals surface area contributed by atoms with E-state index in [0.29, 0.717) is 24.0 Å². The van der Waals surface area contributed by atoms with Crippen LogP contribution in [0.4, 0.5) is 0 Å². The first kappa shape index (κ1) is 21.1. The molecule has 2 aromatic heterocycles. The molecular weight excluding hydrogens is 392 g/mol. The van der Waals surface area contributed by atoms with Crippen LogP contribution in [0.25, 0.3) is 0 Å². The normalized spacial score (nSPS) is 16.7. The number of aromatic nitrogens is 2. The second-order valence-electron chi connectivity index (χ2n) is 7.91. The summed E-state index contributed by atoms with van der Waals surface area (Å²) in [7, 11) is 0. The minimum atomic E-state index is -0.233. The van der Waals surface area contributed by atoms with E-state index in [0.717, 1.165) is 25.3 Å². The lowest BCUT2D eigenvalue weighted by Crippen LogP contribution is -2.40. The van der Waals surface area contributed by atoms with E-state index in [1.165, 1.54) is 18.4 Å². The maximum absolute atomic E-state index is 12.4. The van der Waals surface area contributed by atoms with Gasteiger partial charge in [0.2, 0.25) is 0 Å². The molecule has 1 aliphatic heterocycles. The molecule has 31 heavy (non-hydrogen) atoms. The highest BCUT2D eigenvalue weighted by Gasteiger charge is 2.21. The fraction of sp³-hybridized carbons (Fsp3) is 0.375. The zero-order valence-corrected chi connectivity index (χ0v) is 17.8. The average molecular weight is 421 g/mol.